The molecule has 2 amide bonds. The van der Waals surface area contributed by atoms with E-state index in [1.807, 2.05) is 0 Å². The van der Waals surface area contributed by atoms with Crippen molar-refractivity contribution in [1.82, 2.24) is 15.6 Å². The Morgan fingerprint density at radius 2 is 1.91 bits per heavy atom. The molecule has 0 bridgehead atoms. The summed E-state index contributed by atoms with van der Waals surface area (Å²) in [6, 6.07) is 9.02. The normalized spacial score (nSPS) is 12.4. The summed E-state index contributed by atoms with van der Waals surface area (Å²) >= 11 is 5.97. The molecule has 3 rings (SSSR count). The summed E-state index contributed by atoms with van der Waals surface area (Å²) < 4.78 is 23.6. The zero-order chi connectivity index (χ0) is 24.7. The number of carbonyl (C=O) groups excluding carboxylic acids is 2. The quantitative estimate of drug-likeness (QED) is 0.418. The van der Waals surface area contributed by atoms with Crippen molar-refractivity contribution in [3.8, 4) is 11.1 Å². The number of rotatable bonds is 9. The number of nitrogens with zero attached hydrogens (tertiary/aromatic N) is 1. The Morgan fingerprint density at radius 3 is 2.53 bits per heavy atom. The fourth-order valence-corrected chi connectivity index (χ4v) is 3.48. The van der Waals surface area contributed by atoms with Gasteiger partial charge in [-0.3, -0.25) is 4.79 Å². The van der Waals surface area contributed by atoms with Crippen molar-refractivity contribution in [3.63, 3.8) is 0 Å². The number of halogens is 2. The number of alkyl carbamates (subject to hydrolysis) is 1. The predicted octanol–water partition coefficient (Wildman–Crippen LogP) is 3.67. The molecule has 0 aliphatic heterocycles. The maximum atomic E-state index is 14.2. The van der Waals surface area contributed by atoms with Crippen LogP contribution in [0.25, 0.3) is 11.1 Å². The average Bonchev–Trinajstić information content (AvgIpc) is 3.36. The van der Waals surface area contributed by atoms with Gasteiger partial charge in [0.1, 0.15) is 18.1 Å². The second-order valence-electron chi connectivity index (χ2n) is 7.30. The molecule has 2 aromatic carbocycles. The maximum Gasteiger partial charge on any atom is 0.407 e. The maximum absolute atomic E-state index is 14.2. The Morgan fingerprint density at radius 1 is 1.18 bits per heavy atom. The minimum atomic E-state index is -1.33. The summed E-state index contributed by atoms with van der Waals surface area (Å²) in [5, 5.41) is 14.8. The van der Waals surface area contributed by atoms with E-state index in [0.717, 1.165) is 12.7 Å². The number of benzene rings is 2. The molecule has 0 unspecified atom stereocenters. The topological polar surface area (TPSA) is 131 Å². The molecule has 1 aromatic heterocycles. The largest absolute Gasteiger partial charge is 0.480 e. The number of ether oxygens (including phenoxy) is 1. The van der Waals surface area contributed by atoms with Crippen molar-refractivity contribution >= 4 is 29.6 Å². The van der Waals surface area contributed by atoms with Gasteiger partial charge >= 0.3 is 18.0 Å². The Hall–Kier alpha value is -3.92. The summed E-state index contributed by atoms with van der Waals surface area (Å²) in [7, 11) is 1.11. The average molecular weight is 490 g/mol. The summed E-state index contributed by atoms with van der Waals surface area (Å²) in [5.74, 6) is -2.56. The molecule has 9 nitrogen and oxygen atoms in total. The van der Waals surface area contributed by atoms with Crippen LogP contribution in [0.1, 0.15) is 22.7 Å². The number of hydrogen-bond donors (Lipinski definition) is 3. The number of oxazole rings is 1. The summed E-state index contributed by atoms with van der Waals surface area (Å²) in [6.45, 7) is 0. The van der Waals surface area contributed by atoms with Gasteiger partial charge in [0.2, 0.25) is 0 Å². The molecule has 0 spiro atoms. The summed E-state index contributed by atoms with van der Waals surface area (Å²) in [6.07, 6.45) is 1.67. The van der Waals surface area contributed by atoms with E-state index in [4.69, 9.17) is 16.0 Å². The molecule has 0 aliphatic rings. The van der Waals surface area contributed by atoms with Gasteiger partial charge in [0.25, 0.3) is 5.89 Å². The Labute approximate surface area is 198 Å². The molecule has 0 fully saturated rings. The van der Waals surface area contributed by atoms with Crippen LogP contribution in [0.15, 0.2) is 59.3 Å². The molecular formula is C23H21ClFN3O6. The molecule has 1 heterocycles. The van der Waals surface area contributed by atoms with Gasteiger partial charge in [-0.2, -0.15) is 0 Å². The SMILES string of the molecule is COC(=O)N[C@H](C[C@@H](Cc1ccc(-c2cc(Cl)ccc2F)cc1)NC(=O)c1ncco1)C(=O)O. The van der Waals surface area contributed by atoms with E-state index in [-0.39, 0.29) is 18.7 Å². The highest BCUT2D eigenvalue weighted by atomic mass is 35.5. The number of aromatic nitrogens is 1. The van der Waals surface area contributed by atoms with Gasteiger partial charge in [-0.15, -0.1) is 0 Å². The molecule has 3 N–H and O–H groups in total. The standard InChI is InChI=1S/C23H21ClFN3O6/c1-33-23(32)28-19(22(30)31)12-16(27-20(29)21-26-8-9-34-21)10-13-2-4-14(5-3-13)17-11-15(24)6-7-18(17)25/h2-9,11,16,19H,10,12H2,1H3,(H,27,29)(H,28,32)(H,30,31)/t16-,19-/m1/s1. The van der Waals surface area contributed by atoms with Crippen LogP contribution in [0.2, 0.25) is 5.02 Å². The van der Waals surface area contributed by atoms with Crippen LogP contribution in [0, 0.1) is 5.82 Å². The third kappa shape index (κ3) is 6.55. The number of carboxylic acids is 1. The van der Waals surface area contributed by atoms with E-state index in [2.05, 4.69) is 20.4 Å². The van der Waals surface area contributed by atoms with Gasteiger partial charge in [-0.1, -0.05) is 35.9 Å². The molecule has 0 saturated heterocycles. The van der Waals surface area contributed by atoms with E-state index in [0.29, 0.717) is 16.1 Å². The second-order valence-corrected chi connectivity index (χ2v) is 7.73. The zero-order valence-electron chi connectivity index (χ0n) is 18.0. The van der Waals surface area contributed by atoms with Crippen molar-refractivity contribution in [2.24, 2.45) is 0 Å². The number of carbonyl (C=O) groups is 3. The first kappa shape index (κ1) is 24.7. The van der Waals surface area contributed by atoms with Gasteiger partial charge in [-0.25, -0.2) is 19.0 Å². The van der Waals surface area contributed by atoms with E-state index < -0.39 is 35.9 Å². The van der Waals surface area contributed by atoms with Crippen molar-refractivity contribution in [3.05, 3.63) is 77.2 Å². The molecule has 34 heavy (non-hydrogen) atoms. The number of methoxy groups -OCH3 is 1. The highest BCUT2D eigenvalue weighted by Gasteiger charge is 2.27. The van der Waals surface area contributed by atoms with E-state index in [1.165, 1.54) is 30.7 Å². The molecule has 178 valence electrons. The van der Waals surface area contributed by atoms with E-state index in [9.17, 15) is 23.9 Å². The Balaban J connectivity index is 1.80. The molecule has 0 saturated carbocycles. The van der Waals surface area contributed by atoms with Crippen LogP contribution in [-0.4, -0.2) is 47.3 Å². The molecule has 2 atom stereocenters. The second kappa shape index (κ2) is 11.3. The fraction of sp³-hybridized carbons (Fsp3) is 0.217. The van der Waals surface area contributed by atoms with E-state index >= 15 is 0 Å². The first-order valence-electron chi connectivity index (χ1n) is 10.1. The van der Waals surface area contributed by atoms with Crippen LogP contribution in [-0.2, 0) is 16.0 Å². The minimum Gasteiger partial charge on any atom is -0.480 e. The van der Waals surface area contributed by atoms with Crippen LogP contribution >= 0.6 is 11.6 Å². The lowest BCUT2D eigenvalue weighted by Gasteiger charge is -2.22. The third-order valence-corrected chi connectivity index (χ3v) is 5.17. The lowest BCUT2D eigenvalue weighted by atomic mass is 9.97. The molecule has 11 heteroatoms. The smallest absolute Gasteiger partial charge is 0.407 e. The molecule has 0 radical (unpaired) electrons. The lowest BCUT2D eigenvalue weighted by molar-refractivity contribution is -0.139. The Bertz CT molecular complexity index is 1150. The zero-order valence-corrected chi connectivity index (χ0v) is 18.7. The monoisotopic (exact) mass is 489 g/mol. The highest BCUT2D eigenvalue weighted by Crippen LogP contribution is 2.26. The van der Waals surface area contributed by atoms with Gasteiger partial charge in [-0.05, 0) is 42.2 Å². The summed E-state index contributed by atoms with van der Waals surface area (Å²) in [4.78, 5) is 39.4. The number of amides is 2. The number of hydrogen-bond acceptors (Lipinski definition) is 6. The molecule has 0 aliphatic carbocycles. The fourth-order valence-electron chi connectivity index (χ4n) is 3.31. The molecule has 3 aromatic rings. The number of nitrogens with one attached hydrogen (secondary N) is 2. The van der Waals surface area contributed by atoms with Gasteiger partial charge in [0.15, 0.2) is 0 Å². The van der Waals surface area contributed by atoms with Gasteiger partial charge in [0.05, 0.1) is 13.3 Å². The van der Waals surface area contributed by atoms with Crippen LogP contribution in [0.5, 0.6) is 0 Å². The number of aliphatic carboxylic acids is 1. The highest BCUT2D eigenvalue weighted by molar-refractivity contribution is 6.30. The molecular weight excluding hydrogens is 469 g/mol. The Kier molecular flexibility index (Phi) is 8.20. The van der Waals surface area contributed by atoms with Crippen molar-refractivity contribution in [2.45, 2.75) is 24.9 Å². The predicted molar refractivity (Wildman–Crippen MR) is 120 cm³/mol. The van der Waals surface area contributed by atoms with Crippen LogP contribution in [0.4, 0.5) is 9.18 Å². The van der Waals surface area contributed by atoms with Crippen molar-refractivity contribution in [2.75, 3.05) is 7.11 Å². The van der Waals surface area contributed by atoms with Crippen molar-refractivity contribution in [1.29, 1.82) is 0 Å². The van der Waals surface area contributed by atoms with Gasteiger partial charge < -0.3 is 24.9 Å². The summed E-state index contributed by atoms with van der Waals surface area (Å²) in [5.41, 5.74) is 1.66. The first-order valence-corrected chi connectivity index (χ1v) is 10.5. The van der Waals surface area contributed by atoms with Crippen LogP contribution in [0.3, 0.4) is 0 Å². The van der Waals surface area contributed by atoms with E-state index in [1.54, 1.807) is 24.3 Å². The third-order valence-electron chi connectivity index (χ3n) is 4.93. The lowest BCUT2D eigenvalue weighted by Crippen LogP contribution is -2.47. The minimum absolute atomic E-state index is 0.151. The number of carboxylic acid groups (broad SMARTS) is 1. The van der Waals surface area contributed by atoms with Crippen LogP contribution < -0.4 is 10.6 Å². The first-order chi connectivity index (χ1) is 16.3. The van der Waals surface area contributed by atoms with Crippen molar-refractivity contribution < 1.29 is 33.0 Å². The van der Waals surface area contributed by atoms with Gasteiger partial charge in [0, 0.05) is 16.6 Å².